The first-order chi connectivity index (χ1) is 6.59. The first-order valence-corrected chi connectivity index (χ1v) is 5.94. The molecule has 0 spiro atoms. The van der Waals surface area contributed by atoms with Gasteiger partial charge < -0.3 is 5.32 Å². The van der Waals surface area contributed by atoms with Gasteiger partial charge in [0.25, 0.3) is 0 Å². The summed E-state index contributed by atoms with van der Waals surface area (Å²) < 4.78 is 0. The second-order valence-electron chi connectivity index (χ2n) is 4.35. The molecule has 1 aliphatic rings. The summed E-state index contributed by atoms with van der Waals surface area (Å²) in [6.07, 6.45) is 4.59. The first-order valence-electron chi connectivity index (χ1n) is 5.94. The molecular formula is C12H24N2. The minimum Gasteiger partial charge on any atom is -0.366 e. The van der Waals surface area contributed by atoms with Crippen molar-refractivity contribution in [3.8, 4) is 0 Å². The lowest BCUT2D eigenvalue weighted by Gasteiger charge is -2.42. The normalized spacial score (nSPS) is 23.1. The van der Waals surface area contributed by atoms with E-state index in [2.05, 4.69) is 39.9 Å². The Balaban J connectivity index is 3.09. The summed E-state index contributed by atoms with van der Waals surface area (Å²) in [5.74, 6) is 1.12. The van der Waals surface area contributed by atoms with E-state index >= 15 is 0 Å². The van der Waals surface area contributed by atoms with Crippen LogP contribution in [0.4, 0.5) is 0 Å². The van der Waals surface area contributed by atoms with Gasteiger partial charge in [0, 0.05) is 0 Å². The lowest BCUT2D eigenvalue weighted by molar-refractivity contribution is 0.189. The van der Waals surface area contributed by atoms with Crippen molar-refractivity contribution in [3.63, 3.8) is 0 Å². The Morgan fingerprint density at radius 1 is 1.00 bits per heavy atom. The van der Waals surface area contributed by atoms with E-state index in [4.69, 9.17) is 4.99 Å². The number of hydrogen-bond acceptors (Lipinski definition) is 2. The van der Waals surface area contributed by atoms with Crippen LogP contribution in [-0.2, 0) is 0 Å². The average molecular weight is 196 g/mol. The van der Waals surface area contributed by atoms with Crippen molar-refractivity contribution in [3.05, 3.63) is 0 Å². The van der Waals surface area contributed by atoms with E-state index in [-0.39, 0.29) is 11.1 Å². The Kier molecular flexibility index (Phi) is 3.23. The summed E-state index contributed by atoms with van der Waals surface area (Å²) in [6.45, 7) is 11.1. The molecule has 0 radical (unpaired) electrons. The van der Waals surface area contributed by atoms with Gasteiger partial charge in [0.05, 0.1) is 16.9 Å². The second kappa shape index (κ2) is 3.92. The van der Waals surface area contributed by atoms with Crippen LogP contribution in [0.3, 0.4) is 0 Å². The maximum Gasteiger partial charge on any atom is 0.0944 e. The van der Waals surface area contributed by atoms with Gasteiger partial charge in [-0.15, -0.1) is 0 Å². The number of hydrogen-bond donors (Lipinski definition) is 1. The van der Waals surface area contributed by atoms with Gasteiger partial charge in [0.1, 0.15) is 0 Å². The van der Waals surface area contributed by atoms with Crippen LogP contribution in [0.15, 0.2) is 4.99 Å². The summed E-state index contributed by atoms with van der Waals surface area (Å²) in [5.41, 5.74) is 0.348. The zero-order chi connectivity index (χ0) is 10.8. The number of amidine groups is 1. The molecule has 0 aromatic carbocycles. The molecule has 0 aliphatic carbocycles. The van der Waals surface area contributed by atoms with Gasteiger partial charge in [0.15, 0.2) is 0 Å². The molecule has 0 amide bonds. The van der Waals surface area contributed by atoms with Crippen LogP contribution < -0.4 is 5.32 Å². The van der Waals surface area contributed by atoms with Crippen molar-refractivity contribution < 1.29 is 0 Å². The third-order valence-electron chi connectivity index (χ3n) is 4.07. The largest absolute Gasteiger partial charge is 0.366 e. The maximum atomic E-state index is 4.86. The molecule has 0 saturated carbocycles. The van der Waals surface area contributed by atoms with Gasteiger partial charge >= 0.3 is 0 Å². The zero-order valence-corrected chi connectivity index (χ0v) is 10.3. The number of nitrogens with one attached hydrogen (secondary N) is 1. The number of aliphatic imine (C=N–C) groups is 1. The second-order valence-corrected chi connectivity index (χ2v) is 4.35. The molecule has 0 atom stereocenters. The van der Waals surface area contributed by atoms with Crippen LogP contribution >= 0.6 is 0 Å². The van der Waals surface area contributed by atoms with Crippen LogP contribution in [0.1, 0.15) is 60.3 Å². The third-order valence-corrected chi connectivity index (χ3v) is 4.07. The van der Waals surface area contributed by atoms with Gasteiger partial charge in [-0.1, -0.05) is 27.7 Å². The fourth-order valence-corrected chi connectivity index (χ4v) is 3.09. The molecule has 0 unspecified atom stereocenters. The van der Waals surface area contributed by atoms with Gasteiger partial charge in [-0.2, -0.15) is 0 Å². The highest BCUT2D eigenvalue weighted by molar-refractivity contribution is 5.83. The Morgan fingerprint density at radius 3 is 1.79 bits per heavy atom. The minimum absolute atomic E-state index is 0.139. The SMILES string of the molecule is CCC1(CC)N=C(C)NC1(CC)CC. The van der Waals surface area contributed by atoms with Crippen LogP contribution in [0, 0.1) is 0 Å². The predicted molar refractivity (Wildman–Crippen MR) is 62.9 cm³/mol. The van der Waals surface area contributed by atoms with Crippen LogP contribution in [0.2, 0.25) is 0 Å². The lowest BCUT2D eigenvalue weighted by Crippen LogP contribution is -2.56. The highest BCUT2D eigenvalue weighted by Crippen LogP contribution is 2.41. The Bertz CT molecular complexity index is 222. The molecule has 0 aromatic heterocycles. The number of rotatable bonds is 4. The highest BCUT2D eigenvalue weighted by atomic mass is 15.2. The van der Waals surface area contributed by atoms with E-state index in [9.17, 15) is 0 Å². The van der Waals surface area contributed by atoms with E-state index in [1.165, 1.54) is 0 Å². The molecule has 1 N–H and O–H groups in total. The molecule has 0 bridgehead atoms. The van der Waals surface area contributed by atoms with Crippen molar-refractivity contribution in [2.45, 2.75) is 71.4 Å². The molecule has 0 fully saturated rings. The van der Waals surface area contributed by atoms with E-state index in [1.807, 2.05) is 0 Å². The van der Waals surface area contributed by atoms with Crippen LogP contribution in [-0.4, -0.2) is 16.9 Å². The molecule has 82 valence electrons. The van der Waals surface area contributed by atoms with Crippen molar-refractivity contribution in [2.75, 3.05) is 0 Å². The third kappa shape index (κ3) is 1.35. The summed E-state index contributed by atoms with van der Waals surface area (Å²) in [7, 11) is 0. The Morgan fingerprint density at radius 2 is 1.50 bits per heavy atom. The van der Waals surface area contributed by atoms with Crippen molar-refractivity contribution in [2.24, 2.45) is 4.99 Å². The first kappa shape index (κ1) is 11.5. The van der Waals surface area contributed by atoms with E-state index in [0.717, 1.165) is 31.5 Å². The van der Waals surface area contributed by atoms with Crippen LogP contribution in [0.25, 0.3) is 0 Å². The lowest BCUT2D eigenvalue weighted by atomic mass is 9.71. The molecular weight excluding hydrogens is 172 g/mol. The van der Waals surface area contributed by atoms with Gasteiger partial charge in [-0.25, -0.2) is 0 Å². The molecule has 1 rings (SSSR count). The monoisotopic (exact) mass is 196 g/mol. The van der Waals surface area contributed by atoms with Crippen molar-refractivity contribution >= 4 is 5.84 Å². The van der Waals surface area contributed by atoms with Gasteiger partial charge in [-0.05, 0) is 32.6 Å². The molecule has 0 aromatic rings. The predicted octanol–water partition coefficient (Wildman–Crippen LogP) is 3.13. The topological polar surface area (TPSA) is 24.4 Å². The van der Waals surface area contributed by atoms with Gasteiger partial charge in [0.2, 0.25) is 0 Å². The zero-order valence-electron chi connectivity index (χ0n) is 10.3. The average Bonchev–Trinajstić information content (AvgIpc) is 2.51. The fourth-order valence-electron chi connectivity index (χ4n) is 3.09. The molecule has 0 saturated heterocycles. The Hall–Kier alpha value is -0.530. The summed E-state index contributed by atoms with van der Waals surface area (Å²) in [4.78, 5) is 4.86. The summed E-state index contributed by atoms with van der Waals surface area (Å²) in [5, 5.41) is 3.61. The van der Waals surface area contributed by atoms with E-state index in [1.54, 1.807) is 0 Å². The highest BCUT2D eigenvalue weighted by Gasteiger charge is 2.50. The smallest absolute Gasteiger partial charge is 0.0944 e. The molecule has 1 aliphatic heterocycles. The van der Waals surface area contributed by atoms with Gasteiger partial charge in [-0.3, -0.25) is 4.99 Å². The maximum absolute atomic E-state index is 4.86. The summed E-state index contributed by atoms with van der Waals surface area (Å²) >= 11 is 0. The standard InChI is InChI=1S/C12H24N2/c1-6-11(7-2)12(8-3,9-4)14-10(5)13-11/h6-9H2,1-5H3,(H,13,14). The van der Waals surface area contributed by atoms with E-state index < -0.39 is 0 Å². The fraction of sp³-hybridized carbons (Fsp3) is 0.917. The van der Waals surface area contributed by atoms with Crippen molar-refractivity contribution in [1.82, 2.24) is 5.32 Å². The van der Waals surface area contributed by atoms with Crippen LogP contribution in [0.5, 0.6) is 0 Å². The molecule has 1 heterocycles. The summed E-state index contributed by atoms with van der Waals surface area (Å²) in [6, 6.07) is 0. The molecule has 14 heavy (non-hydrogen) atoms. The van der Waals surface area contributed by atoms with Crippen molar-refractivity contribution in [1.29, 1.82) is 0 Å². The number of nitrogens with zero attached hydrogens (tertiary/aromatic N) is 1. The molecule has 2 nitrogen and oxygen atoms in total. The Labute approximate surface area is 88.2 Å². The quantitative estimate of drug-likeness (QED) is 0.734. The molecule has 2 heteroatoms. The minimum atomic E-state index is 0.139. The van der Waals surface area contributed by atoms with E-state index in [0.29, 0.717) is 0 Å².